The van der Waals surface area contributed by atoms with Crippen molar-refractivity contribution in [3.63, 3.8) is 0 Å². The molecule has 23 heavy (non-hydrogen) atoms. The first-order valence-electron chi connectivity index (χ1n) is 6.33. The zero-order chi connectivity index (χ0) is 16.9. The zero-order valence-electron chi connectivity index (χ0n) is 12.0. The van der Waals surface area contributed by atoms with E-state index in [1.165, 1.54) is 37.6 Å². The van der Waals surface area contributed by atoms with Crippen molar-refractivity contribution in [3.05, 3.63) is 54.0 Å². The molecule has 1 N–H and O–H groups in total. The van der Waals surface area contributed by atoms with Gasteiger partial charge in [-0.25, -0.2) is 13.1 Å². The van der Waals surface area contributed by atoms with E-state index in [2.05, 4.69) is 0 Å². The van der Waals surface area contributed by atoms with Crippen LogP contribution in [0.2, 0.25) is 0 Å². The van der Waals surface area contributed by atoms with E-state index in [9.17, 15) is 13.2 Å². The Morgan fingerprint density at radius 2 is 2.13 bits per heavy atom. The number of nitrogens with one attached hydrogen (secondary N) is 1. The minimum atomic E-state index is -4.13. The lowest BCUT2D eigenvalue weighted by molar-refractivity contribution is -0.115. The van der Waals surface area contributed by atoms with Crippen LogP contribution in [-0.2, 0) is 14.8 Å². The summed E-state index contributed by atoms with van der Waals surface area (Å²) in [6.07, 6.45) is 2.52. The van der Waals surface area contributed by atoms with Gasteiger partial charge in [-0.1, -0.05) is 6.07 Å². The van der Waals surface area contributed by atoms with Gasteiger partial charge in [-0.15, -0.1) is 0 Å². The molecule has 1 aromatic carbocycles. The number of carbonyl (C=O) groups excluding carboxylic acids is 1. The van der Waals surface area contributed by atoms with E-state index in [-0.39, 0.29) is 10.7 Å². The molecule has 0 aliphatic rings. The third-order valence-corrected chi connectivity index (χ3v) is 4.10. The van der Waals surface area contributed by atoms with Crippen molar-refractivity contribution in [2.24, 2.45) is 0 Å². The van der Waals surface area contributed by atoms with Crippen LogP contribution in [0.15, 0.2) is 57.5 Å². The number of hydrogen-bond donors (Lipinski definition) is 1. The average Bonchev–Trinajstić information content (AvgIpc) is 3.05. The number of nitrogens with zero attached hydrogens (tertiary/aromatic N) is 1. The zero-order valence-corrected chi connectivity index (χ0v) is 12.8. The minimum Gasteiger partial charge on any atom is -0.497 e. The summed E-state index contributed by atoms with van der Waals surface area (Å²) in [4.78, 5) is 11.8. The number of sulfonamides is 1. The van der Waals surface area contributed by atoms with E-state index >= 15 is 0 Å². The first-order chi connectivity index (χ1) is 11.0. The van der Waals surface area contributed by atoms with Gasteiger partial charge in [-0.3, -0.25) is 4.79 Å². The number of furan rings is 1. The van der Waals surface area contributed by atoms with Crippen LogP contribution in [0, 0.1) is 11.3 Å². The number of rotatable bonds is 5. The van der Waals surface area contributed by atoms with Gasteiger partial charge in [-0.05, 0) is 24.3 Å². The Morgan fingerprint density at radius 1 is 1.35 bits per heavy atom. The van der Waals surface area contributed by atoms with E-state index in [0.29, 0.717) is 5.75 Å². The fourth-order valence-corrected chi connectivity index (χ4v) is 2.67. The summed E-state index contributed by atoms with van der Waals surface area (Å²) in [5, 5.41) is 9.01. The Bertz CT molecular complexity index is 877. The molecule has 0 aliphatic heterocycles. The maximum Gasteiger partial charge on any atom is 0.275 e. The van der Waals surface area contributed by atoms with Gasteiger partial charge in [0.1, 0.15) is 23.2 Å². The second-order valence-corrected chi connectivity index (χ2v) is 5.98. The smallest absolute Gasteiger partial charge is 0.275 e. The van der Waals surface area contributed by atoms with Crippen LogP contribution in [0.5, 0.6) is 5.75 Å². The standard InChI is InChI=1S/C15H12N2O5S/c1-21-12-4-2-6-14(9-12)23(19,20)17-15(18)11(10-16)8-13-5-3-7-22-13/h2-9H,1H3,(H,17,18)/b11-8-. The number of ether oxygens (including phenoxy) is 1. The molecule has 2 rings (SSSR count). The summed E-state index contributed by atoms with van der Waals surface area (Å²) >= 11 is 0. The lowest BCUT2D eigenvalue weighted by atomic mass is 10.2. The molecule has 1 amide bonds. The summed E-state index contributed by atoms with van der Waals surface area (Å²) in [6, 6.07) is 10.4. The predicted octanol–water partition coefficient (Wildman–Crippen LogP) is 1.70. The van der Waals surface area contributed by atoms with E-state index in [1.807, 2.05) is 4.72 Å². The molecule has 0 unspecified atom stereocenters. The highest BCUT2D eigenvalue weighted by molar-refractivity contribution is 7.90. The molecule has 0 radical (unpaired) electrons. The van der Waals surface area contributed by atoms with Crippen molar-refractivity contribution in [1.82, 2.24) is 4.72 Å². The Labute approximate surface area is 132 Å². The molecule has 0 fully saturated rings. The Kier molecular flexibility index (Phi) is 4.83. The van der Waals surface area contributed by atoms with Gasteiger partial charge in [0.2, 0.25) is 0 Å². The van der Waals surface area contributed by atoms with Crippen molar-refractivity contribution < 1.29 is 22.4 Å². The molecule has 0 saturated carbocycles. The number of carbonyl (C=O) groups is 1. The van der Waals surface area contributed by atoms with Crippen molar-refractivity contribution in [3.8, 4) is 11.8 Å². The third kappa shape index (κ3) is 3.99. The normalized spacial score (nSPS) is 11.6. The van der Waals surface area contributed by atoms with Crippen LogP contribution >= 0.6 is 0 Å². The maximum atomic E-state index is 12.2. The number of methoxy groups -OCH3 is 1. The van der Waals surface area contributed by atoms with Gasteiger partial charge < -0.3 is 9.15 Å². The topological polar surface area (TPSA) is 109 Å². The fourth-order valence-electron chi connectivity index (χ4n) is 1.67. The molecule has 0 atom stereocenters. The van der Waals surface area contributed by atoms with Crippen molar-refractivity contribution >= 4 is 22.0 Å². The van der Waals surface area contributed by atoms with E-state index < -0.39 is 21.5 Å². The predicted molar refractivity (Wildman–Crippen MR) is 80.6 cm³/mol. The molecule has 0 aliphatic carbocycles. The molecule has 8 heteroatoms. The molecule has 1 heterocycles. The first-order valence-corrected chi connectivity index (χ1v) is 7.81. The quantitative estimate of drug-likeness (QED) is 0.659. The first kappa shape index (κ1) is 16.3. The van der Waals surface area contributed by atoms with E-state index in [4.69, 9.17) is 14.4 Å². The highest BCUT2D eigenvalue weighted by atomic mass is 32.2. The van der Waals surface area contributed by atoms with Gasteiger partial charge >= 0.3 is 0 Å². The van der Waals surface area contributed by atoms with Crippen LogP contribution < -0.4 is 9.46 Å². The Hall–Kier alpha value is -3.05. The molecule has 0 bridgehead atoms. The third-order valence-electron chi connectivity index (χ3n) is 2.77. The molecule has 0 spiro atoms. The van der Waals surface area contributed by atoms with Gasteiger partial charge in [0, 0.05) is 12.1 Å². The summed E-state index contributed by atoms with van der Waals surface area (Å²) in [5.74, 6) is -0.464. The molecule has 2 aromatic rings. The highest BCUT2D eigenvalue weighted by Crippen LogP contribution is 2.17. The SMILES string of the molecule is COc1cccc(S(=O)(=O)NC(=O)/C(C#N)=C\c2ccco2)c1. The molecule has 118 valence electrons. The van der Waals surface area contributed by atoms with Crippen molar-refractivity contribution in [2.45, 2.75) is 4.90 Å². The molecular formula is C15H12N2O5S. The lowest BCUT2D eigenvalue weighted by Gasteiger charge is -2.07. The fraction of sp³-hybridized carbons (Fsp3) is 0.0667. The van der Waals surface area contributed by atoms with E-state index in [0.717, 1.165) is 6.08 Å². The second-order valence-electron chi connectivity index (χ2n) is 4.30. The Balaban J connectivity index is 2.25. The summed E-state index contributed by atoms with van der Waals surface area (Å²) in [6.45, 7) is 0. The van der Waals surface area contributed by atoms with Gasteiger partial charge in [0.15, 0.2) is 0 Å². The monoisotopic (exact) mass is 332 g/mol. The van der Waals surface area contributed by atoms with Crippen LogP contribution in [-0.4, -0.2) is 21.4 Å². The molecular weight excluding hydrogens is 320 g/mol. The number of amides is 1. The molecule has 7 nitrogen and oxygen atoms in total. The number of benzene rings is 1. The maximum absolute atomic E-state index is 12.2. The van der Waals surface area contributed by atoms with Gasteiger partial charge in [0.25, 0.3) is 15.9 Å². The van der Waals surface area contributed by atoms with Gasteiger partial charge in [-0.2, -0.15) is 5.26 Å². The molecule has 0 saturated heterocycles. The summed E-state index contributed by atoms with van der Waals surface area (Å²) in [5.41, 5.74) is -0.397. The Morgan fingerprint density at radius 3 is 2.74 bits per heavy atom. The van der Waals surface area contributed by atoms with Crippen molar-refractivity contribution in [1.29, 1.82) is 5.26 Å². The van der Waals surface area contributed by atoms with Crippen LogP contribution in [0.25, 0.3) is 6.08 Å². The van der Waals surface area contributed by atoms with Crippen LogP contribution in [0.3, 0.4) is 0 Å². The lowest BCUT2D eigenvalue weighted by Crippen LogP contribution is -2.31. The average molecular weight is 332 g/mol. The highest BCUT2D eigenvalue weighted by Gasteiger charge is 2.21. The largest absolute Gasteiger partial charge is 0.497 e. The van der Waals surface area contributed by atoms with E-state index in [1.54, 1.807) is 18.2 Å². The number of nitriles is 1. The van der Waals surface area contributed by atoms with Crippen LogP contribution in [0.1, 0.15) is 5.76 Å². The van der Waals surface area contributed by atoms with Crippen molar-refractivity contribution in [2.75, 3.05) is 7.11 Å². The number of hydrogen-bond acceptors (Lipinski definition) is 6. The summed E-state index contributed by atoms with van der Waals surface area (Å²) < 4.78 is 36.1. The van der Waals surface area contributed by atoms with Crippen LogP contribution in [0.4, 0.5) is 0 Å². The van der Waals surface area contributed by atoms with Gasteiger partial charge in [0.05, 0.1) is 18.3 Å². The second kappa shape index (κ2) is 6.81. The molecule has 1 aromatic heterocycles. The summed E-state index contributed by atoms with van der Waals surface area (Å²) in [7, 11) is -2.74. The minimum absolute atomic E-state index is 0.152.